The van der Waals surface area contributed by atoms with Gasteiger partial charge in [-0.15, -0.1) is 4.91 Å². The van der Waals surface area contributed by atoms with E-state index in [0.29, 0.717) is 39.5 Å². The van der Waals surface area contributed by atoms with Crippen LogP contribution in [-0.4, -0.2) is 139 Å². The molecule has 3 aliphatic carbocycles. The number of anilines is 2. The molecule has 15 rings (SSSR count). The number of benzene rings is 6. The molecule has 0 saturated heterocycles. The number of carboxylic acids is 1. The number of aromatic nitrogens is 4. The first-order chi connectivity index (χ1) is 49.7. The van der Waals surface area contributed by atoms with Crippen LogP contribution in [0.5, 0.6) is 11.5 Å². The number of methoxy groups -OCH3 is 2. The topological polar surface area (TPSA) is 414 Å². The molecule has 4 aromatic heterocycles. The van der Waals surface area contributed by atoms with Crippen molar-refractivity contribution >= 4 is 53.0 Å². The van der Waals surface area contributed by atoms with Crippen molar-refractivity contribution in [1.29, 1.82) is 0 Å². The molecule has 6 heterocycles. The Hall–Kier alpha value is -12.0. The Labute approximate surface area is 614 Å². The van der Waals surface area contributed by atoms with E-state index in [-0.39, 0.29) is 94.3 Å². The first-order valence-corrected chi connectivity index (χ1v) is 32.6. The monoisotopic (exact) mass is 1430 g/mol. The van der Waals surface area contributed by atoms with E-state index < -0.39 is 41.9 Å². The number of ether oxygens (including phenoxy) is 4. The molecule has 3 fully saturated rings. The largest absolute Gasteiger partial charge is 1.00 e. The summed E-state index contributed by atoms with van der Waals surface area (Å²) in [5.74, 6) is 1.26. The molecule has 3 atom stereocenters. The summed E-state index contributed by atoms with van der Waals surface area (Å²) in [6.45, 7) is 2.28. The number of urea groups is 1. The van der Waals surface area contributed by atoms with Crippen LogP contribution in [0.4, 0.5) is 16.2 Å². The third-order valence-corrected chi connectivity index (χ3v) is 18.0. The summed E-state index contributed by atoms with van der Waals surface area (Å²) in [6, 6.07) is 59.0. The second-order valence-electron chi connectivity index (χ2n) is 24.5. The maximum Gasteiger partial charge on any atom is 1.00 e. The molecule has 2 aliphatic heterocycles. The summed E-state index contributed by atoms with van der Waals surface area (Å²) in [5.41, 5.74) is 16.3. The Morgan fingerprint density at radius 1 is 0.562 bits per heavy atom. The van der Waals surface area contributed by atoms with Crippen molar-refractivity contribution in [3.05, 3.63) is 267 Å². The van der Waals surface area contributed by atoms with E-state index in [1.54, 1.807) is 44.4 Å². The van der Waals surface area contributed by atoms with Gasteiger partial charge in [-0.2, -0.15) is 5.01 Å². The van der Waals surface area contributed by atoms with Gasteiger partial charge >= 0.3 is 42.8 Å². The fourth-order valence-corrected chi connectivity index (χ4v) is 11.5. The summed E-state index contributed by atoms with van der Waals surface area (Å²) >= 11 is 0. The fraction of sp³-hybridized carbons (Fsp3) is 0.267. The third-order valence-electron chi connectivity index (χ3n) is 18.0. The van der Waals surface area contributed by atoms with Crippen LogP contribution in [0.15, 0.2) is 218 Å². The number of carbonyl (C=O) groups is 7. The Kier molecular flexibility index (Phi) is 26.4. The first-order valence-electron chi connectivity index (χ1n) is 32.6. The van der Waals surface area contributed by atoms with Crippen molar-refractivity contribution in [1.82, 2.24) is 31.0 Å². The van der Waals surface area contributed by atoms with Gasteiger partial charge < -0.3 is 74.2 Å². The standard InChI is InChI=1S/C23H21N3O4.C14H13NO3.C13H11NO3.C13H13NO3.C10H12N2O2.C2H5N3O2.Li.H2O/c1-26-18-9-5-6-10-19(18)29-14-17(22(26)28)24-21(27)16-13-20(30-25-16)23(11-12-23)15-7-3-2-4-8-15;1-17-13(16)11-9-12(18-15-11)14(7-8-14)10-5-3-2-4-6-10;15-12(16)10-8-11(17-14-10)13(6-7-13)9-4-2-1-3-5-9;1-9(10-6-4-3-5-7-10)12-8-11(14-17-12)13(15)16-2;1-12-8-4-2-3-5-9(8)14-6-7(11)10(12)13;1-5(4-7)2(3)6;;/h2-10,13,17H,11-12,14H2,1H3,(H,24,27);2-6,9H,7-8H2,1H3;1-5,8H,6-7H2,(H,15,16);3-9H,1-2H3;2-5,7H,6,11H2,1H3;1H3,(H2,3,6);;1H2/q;;;;;;+1;/p-1/t17-;;;;7-;;;/m0...0.../s1. The van der Waals surface area contributed by atoms with E-state index >= 15 is 0 Å². The summed E-state index contributed by atoms with van der Waals surface area (Å²) < 4.78 is 41.6. The molecule has 5 aliphatic rings. The minimum Gasteiger partial charge on any atom is -0.870 e. The van der Waals surface area contributed by atoms with E-state index in [4.69, 9.17) is 38.4 Å². The van der Waals surface area contributed by atoms with Crippen LogP contribution in [0, 0.1) is 4.91 Å². The van der Waals surface area contributed by atoms with E-state index in [9.17, 15) is 38.5 Å². The second kappa shape index (κ2) is 35.2. The number of carboxylic acid groups (broad SMARTS) is 1. The van der Waals surface area contributed by atoms with Gasteiger partial charge in [0.15, 0.2) is 22.8 Å². The molecule has 3 saturated carbocycles. The number of hydrogen-bond donors (Lipinski definition) is 4. The van der Waals surface area contributed by atoms with Gasteiger partial charge in [-0.3, -0.25) is 14.4 Å². The van der Waals surface area contributed by atoms with E-state index in [0.717, 1.165) is 66.7 Å². The SMILES string of the molecule is CN(N=O)C(N)=O.CN1C(=O)[C@@H](N)COc2ccccc21.CN1C(=O)[C@@H](NC(=O)c2cc(C3(c4ccccc4)CC3)on2)COc2ccccc21.COC(=O)c1cc(C(C)c2ccccc2)on1.COC(=O)c1cc(C2(c3ccccc3)CC2)on1.O=C(O)c1cc(C2(c3ccccc3)CC2)on1.[Li+].[OH-]. The van der Waals surface area contributed by atoms with E-state index in [1.165, 1.54) is 42.7 Å². The number of nitrogens with zero attached hydrogens (tertiary/aromatic N) is 8. The zero-order chi connectivity index (χ0) is 73.4. The van der Waals surface area contributed by atoms with Crippen molar-refractivity contribution in [2.45, 2.75) is 79.7 Å². The Morgan fingerprint density at radius 3 is 1.34 bits per heavy atom. The summed E-state index contributed by atoms with van der Waals surface area (Å²) in [6.07, 6.45) is 5.90. The average Bonchev–Trinajstić information content (AvgIpc) is 1.60. The van der Waals surface area contributed by atoms with Crippen LogP contribution in [0.1, 0.15) is 139 Å². The second-order valence-corrected chi connectivity index (χ2v) is 24.5. The number of hydrogen-bond acceptors (Lipinski definition) is 23. The number of likely N-dealkylation sites (N-methyl/N-ethyl adjacent to an activating group) is 2. The van der Waals surface area contributed by atoms with Gasteiger partial charge in [0.05, 0.1) is 47.1 Å². The molecule has 0 bridgehead atoms. The predicted octanol–water partition coefficient (Wildman–Crippen LogP) is 7.39. The minimum absolute atomic E-state index is 0. The summed E-state index contributed by atoms with van der Waals surface area (Å²) in [4.78, 5) is 92.8. The van der Waals surface area contributed by atoms with Crippen molar-refractivity contribution < 1.29 is 100 Å². The van der Waals surface area contributed by atoms with E-state index in [1.807, 2.05) is 140 Å². The number of amides is 5. The number of primary amides is 1. The molecule has 30 heteroatoms. The number of nitroso groups, excluding NO2 is 1. The molecule has 5 amide bonds. The number of fused-ring (bicyclic) bond motifs is 2. The molecule has 7 N–H and O–H groups in total. The maximum absolute atomic E-state index is 12.8. The van der Waals surface area contributed by atoms with Crippen molar-refractivity contribution in [3.8, 4) is 11.5 Å². The smallest absolute Gasteiger partial charge is 0.870 e. The quantitative estimate of drug-likeness (QED) is 0.0356. The zero-order valence-electron chi connectivity index (χ0n) is 58.5. The van der Waals surface area contributed by atoms with Gasteiger partial charge in [0.2, 0.25) is 5.91 Å². The number of nitrogens with two attached hydrogens (primary N) is 2. The molecule has 540 valence electrons. The molecular weight excluding hydrogens is 1350 g/mol. The van der Waals surface area contributed by atoms with Gasteiger partial charge in [-0.05, 0) is 85.0 Å². The first kappa shape index (κ1) is 78.7. The molecule has 105 heavy (non-hydrogen) atoms. The molecule has 1 unspecified atom stereocenters. The zero-order valence-corrected chi connectivity index (χ0v) is 58.5. The van der Waals surface area contributed by atoms with Crippen molar-refractivity contribution in [2.75, 3.05) is 58.4 Å². The molecule has 10 aromatic rings. The number of esters is 2. The Morgan fingerprint density at radius 2 is 0.933 bits per heavy atom. The fourth-order valence-electron chi connectivity index (χ4n) is 11.5. The molecule has 6 aromatic carbocycles. The summed E-state index contributed by atoms with van der Waals surface area (Å²) in [5, 5.41) is 29.3. The van der Waals surface area contributed by atoms with Crippen LogP contribution < -0.4 is 54.9 Å². The van der Waals surface area contributed by atoms with Gasteiger partial charge in [0.1, 0.15) is 59.8 Å². The average molecular weight is 1430 g/mol. The van der Waals surface area contributed by atoms with Crippen LogP contribution in [0.3, 0.4) is 0 Å². The minimum atomic E-state index is -1.05. The van der Waals surface area contributed by atoms with E-state index in [2.05, 4.69) is 70.7 Å². The van der Waals surface area contributed by atoms with Crippen molar-refractivity contribution in [3.63, 3.8) is 0 Å². The van der Waals surface area contributed by atoms with Gasteiger partial charge in [0, 0.05) is 51.3 Å². The van der Waals surface area contributed by atoms with Crippen molar-refractivity contribution in [2.24, 2.45) is 16.8 Å². The number of para-hydroxylation sites is 4. The maximum atomic E-state index is 12.8. The Bertz CT molecular complexity index is 4600. The van der Waals surface area contributed by atoms with Gasteiger partial charge in [-0.25, -0.2) is 19.2 Å². The molecule has 0 spiro atoms. The summed E-state index contributed by atoms with van der Waals surface area (Å²) in [7, 11) is 7.20. The number of rotatable bonds is 14. The molecule has 29 nitrogen and oxygen atoms in total. The van der Waals surface area contributed by atoms with Crippen LogP contribution in [-0.2, 0) is 35.3 Å². The normalized spacial score (nSPS) is 16.3. The number of aromatic carboxylic acids is 1. The van der Waals surface area contributed by atoms with Crippen LogP contribution in [0.25, 0.3) is 0 Å². The molecule has 0 radical (unpaired) electrons. The van der Waals surface area contributed by atoms with Gasteiger partial charge in [-0.1, -0.05) is 173 Å². The predicted molar refractivity (Wildman–Crippen MR) is 374 cm³/mol. The van der Waals surface area contributed by atoms with Crippen LogP contribution in [0.2, 0.25) is 0 Å². The Balaban J connectivity index is 0.000000165. The number of carbonyl (C=O) groups excluding carboxylic acids is 6. The number of nitrogens with one attached hydrogen (secondary N) is 1. The molecular formula is C75H76LiN11O18. The van der Waals surface area contributed by atoms with Gasteiger partial charge in [0.25, 0.3) is 11.8 Å². The third kappa shape index (κ3) is 18.4. The van der Waals surface area contributed by atoms with Crippen LogP contribution >= 0.6 is 0 Å².